The molecule has 0 radical (unpaired) electrons. The summed E-state index contributed by atoms with van der Waals surface area (Å²) in [7, 11) is -2.85. The summed E-state index contributed by atoms with van der Waals surface area (Å²) >= 11 is 0. The Hall–Kier alpha value is -0.130. The van der Waals surface area contributed by atoms with Crippen molar-refractivity contribution in [3.05, 3.63) is 0 Å². The van der Waals surface area contributed by atoms with E-state index in [1.807, 2.05) is 0 Å². The summed E-state index contributed by atoms with van der Waals surface area (Å²) < 4.78 is 23.4. The summed E-state index contributed by atoms with van der Waals surface area (Å²) in [5.74, 6) is 1.62. The molecule has 18 heavy (non-hydrogen) atoms. The van der Waals surface area contributed by atoms with Crippen LogP contribution in [0.3, 0.4) is 0 Å². The zero-order valence-electron chi connectivity index (χ0n) is 11.1. The molecule has 1 N–H and O–H groups in total. The van der Waals surface area contributed by atoms with E-state index in [0.29, 0.717) is 6.04 Å². The maximum Gasteiger partial charge on any atom is 0.150 e. The van der Waals surface area contributed by atoms with E-state index in [9.17, 15) is 8.42 Å². The number of sulfone groups is 1. The molecule has 0 spiro atoms. The highest BCUT2D eigenvalue weighted by molar-refractivity contribution is 7.91. The van der Waals surface area contributed by atoms with Crippen LogP contribution in [-0.4, -0.2) is 57.0 Å². The van der Waals surface area contributed by atoms with E-state index in [4.69, 9.17) is 0 Å². The molecule has 0 bridgehead atoms. The van der Waals surface area contributed by atoms with E-state index in [0.717, 1.165) is 44.2 Å². The predicted molar refractivity (Wildman–Crippen MR) is 72.3 cm³/mol. The lowest BCUT2D eigenvalue weighted by atomic mass is 9.94. The average Bonchev–Trinajstić information content (AvgIpc) is 2.88. The van der Waals surface area contributed by atoms with Crippen molar-refractivity contribution in [2.24, 2.45) is 11.8 Å². The summed E-state index contributed by atoms with van der Waals surface area (Å²) in [6.45, 7) is 4.67. The zero-order valence-corrected chi connectivity index (χ0v) is 12.0. The van der Waals surface area contributed by atoms with Crippen molar-refractivity contribution in [2.45, 2.75) is 37.0 Å². The van der Waals surface area contributed by atoms with Crippen LogP contribution in [0.2, 0.25) is 0 Å². The fraction of sp³-hybridized carbons (Fsp3) is 1.00. The monoisotopic (exact) mass is 272 g/mol. The molecule has 2 aliphatic heterocycles. The Kier molecular flexibility index (Phi) is 3.41. The van der Waals surface area contributed by atoms with Gasteiger partial charge in [-0.1, -0.05) is 6.42 Å². The standard InChI is InChI=1S/C13H24N2O2S/c1-18(16,17)13-4-2-3-12(5-13)15-8-10-6-14-7-11(10)9-15/h10-14H,2-9H2,1H3/t10-,11+,12?,13?. The summed E-state index contributed by atoms with van der Waals surface area (Å²) in [5, 5.41) is 3.37. The van der Waals surface area contributed by atoms with Crippen LogP contribution in [0.4, 0.5) is 0 Å². The molecule has 1 aliphatic carbocycles. The average molecular weight is 272 g/mol. The van der Waals surface area contributed by atoms with Crippen molar-refractivity contribution in [3.8, 4) is 0 Å². The maximum absolute atomic E-state index is 11.7. The molecule has 3 aliphatic rings. The van der Waals surface area contributed by atoms with Gasteiger partial charge in [0.25, 0.3) is 0 Å². The molecule has 2 heterocycles. The Morgan fingerprint density at radius 2 is 1.78 bits per heavy atom. The van der Waals surface area contributed by atoms with E-state index in [-0.39, 0.29) is 5.25 Å². The highest BCUT2D eigenvalue weighted by atomic mass is 32.2. The second kappa shape index (κ2) is 4.76. The second-order valence-electron chi connectivity index (χ2n) is 6.40. The van der Waals surface area contributed by atoms with Gasteiger partial charge in [-0.2, -0.15) is 0 Å². The minimum atomic E-state index is -2.85. The molecule has 0 aromatic carbocycles. The first-order valence-electron chi connectivity index (χ1n) is 7.17. The van der Waals surface area contributed by atoms with Crippen molar-refractivity contribution < 1.29 is 8.42 Å². The number of rotatable bonds is 2. The molecule has 3 rings (SSSR count). The number of nitrogens with one attached hydrogen (secondary N) is 1. The van der Waals surface area contributed by atoms with Crippen molar-refractivity contribution in [3.63, 3.8) is 0 Å². The molecule has 2 unspecified atom stereocenters. The first kappa shape index (κ1) is 12.9. The first-order chi connectivity index (χ1) is 8.54. The third-order valence-electron chi connectivity index (χ3n) is 5.14. The first-order valence-corrected chi connectivity index (χ1v) is 9.13. The number of fused-ring (bicyclic) bond motifs is 1. The third-order valence-corrected chi connectivity index (χ3v) is 6.78. The molecule has 104 valence electrons. The van der Waals surface area contributed by atoms with Crippen molar-refractivity contribution in [1.82, 2.24) is 10.2 Å². The fourth-order valence-electron chi connectivity index (χ4n) is 4.03. The Balaban J connectivity index is 1.63. The number of likely N-dealkylation sites (tertiary alicyclic amines) is 1. The lowest BCUT2D eigenvalue weighted by molar-refractivity contribution is 0.180. The SMILES string of the molecule is CS(=O)(=O)C1CCCC(N2C[C@H]3CNC[C@H]3C2)C1. The Bertz CT molecular complexity index is 397. The van der Waals surface area contributed by atoms with Gasteiger partial charge in [0, 0.05) is 25.4 Å². The van der Waals surface area contributed by atoms with Gasteiger partial charge >= 0.3 is 0 Å². The van der Waals surface area contributed by atoms with Gasteiger partial charge in [0.2, 0.25) is 0 Å². The van der Waals surface area contributed by atoms with Gasteiger partial charge in [0.05, 0.1) is 5.25 Å². The van der Waals surface area contributed by atoms with Gasteiger partial charge in [-0.3, -0.25) is 4.90 Å². The summed E-state index contributed by atoms with van der Waals surface area (Å²) in [6, 6.07) is 0.518. The summed E-state index contributed by atoms with van der Waals surface area (Å²) in [6.07, 6.45) is 5.41. The number of hydrogen-bond donors (Lipinski definition) is 1. The van der Waals surface area contributed by atoms with Crippen LogP contribution in [0.15, 0.2) is 0 Å². The fourth-order valence-corrected chi connectivity index (χ4v) is 5.20. The maximum atomic E-state index is 11.7. The van der Waals surface area contributed by atoms with Gasteiger partial charge in [-0.05, 0) is 44.2 Å². The molecule has 3 fully saturated rings. The lowest BCUT2D eigenvalue weighted by Crippen LogP contribution is -2.42. The minimum absolute atomic E-state index is 0.0881. The predicted octanol–water partition coefficient (Wildman–Crippen LogP) is 0.493. The topological polar surface area (TPSA) is 49.4 Å². The minimum Gasteiger partial charge on any atom is -0.316 e. The van der Waals surface area contributed by atoms with E-state index in [2.05, 4.69) is 10.2 Å². The molecular formula is C13H24N2O2S. The molecule has 4 atom stereocenters. The van der Waals surface area contributed by atoms with E-state index in [1.54, 1.807) is 0 Å². The van der Waals surface area contributed by atoms with Gasteiger partial charge < -0.3 is 5.32 Å². The van der Waals surface area contributed by atoms with E-state index in [1.165, 1.54) is 25.8 Å². The number of nitrogens with zero attached hydrogens (tertiary/aromatic N) is 1. The van der Waals surface area contributed by atoms with Crippen LogP contribution in [0, 0.1) is 11.8 Å². The third kappa shape index (κ3) is 2.45. The van der Waals surface area contributed by atoms with Crippen LogP contribution >= 0.6 is 0 Å². The Morgan fingerprint density at radius 1 is 1.11 bits per heavy atom. The van der Waals surface area contributed by atoms with Crippen molar-refractivity contribution in [1.29, 1.82) is 0 Å². The number of hydrogen-bond acceptors (Lipinski definition) is 4. The highest BCUT2D eigenvalue weighted by Crippen LogP contribution is 2.33. The molecule has 0 aromatic rings. The molecule has 0 aromatic heterocycles. The molecule has 4 nitrogen and oxygen atoms in total. The second-order valence-corrected chi connectivity index (χ2v) is 8.73. The smallest absolute Gasteiger partial charge is 0.150 e. The van der Waals surface area contributed by atoms with Crippen molar-refractivity contribution >= 4 is 9.84 Å². The largest absolute Gasteiger partial charge is 0.316 e. The van der Waals surface area contributed by atoms with Crippen molar-refractivity contribution in [2.75, 3.05) is 32.4 Å². The molecule has 0 amide bonds. The lowest BCUT2D eigenvalue weighted by Gasteiger charge is -2.35. The molecule has 1 saturated carbocycles. The zero-order chi connectivity index (χ0) is 12.8. The van der Waals surface area contributed by atoms with Gasteiger partial charge in [0.15, 0.2) is 0 Å². The molecule has 2 saturated heterocycles. The highest BCUT2D eigenvalue weighted by Gasteiger charge is 2.40. The van der Waals surface area contributed by atoms with Crippen LogP contribution in [0.5, 0.6) is 0 Å². The van der Waals surface area contributed by atoms with Gasteiger partial charge in [0.1, 0.15) is 9.84 Å². The Labute approximate surface area is 110 Å². The van der Waals surface area contributed by atoms with E-state index < -0.39 is 9.84 Å². The van der Waals surface area contributed by atoms with Gasteiger partial charge in [-0.15, -0.1) is 0 Å². The normalized spacial score (nSPS) is 42.1. The van der Waals surface area contributed by atoms with Crippen LogP contribution in [0.1, 0.15) is 25.7 Å². The quantitative estimate of drug-likeness (QED) is 0.795. The molecular weight excluding hydrogens is 248 g/mol. The van der Waals surface area contributed by atoms with Crippen LogP contribution < -0.4 is 5.32 Å². The van der Waals surface area contributed by atoms with Crippen LogP contribution in [0.25, 0.3) is 0 Å². The van der Waals surface area contributed by atoms with E-state index >= 15 is 0 Å². The Morgan fingerprint density at radius 3 is 2.39 bits per heavy atom. The summed E-state index contributed by atoms with van der Waals surface area (Å²) in [5.41, 5.74) is 0. The van der Waals surface area contributed by atoms with Gasteiger partial charge in [-0.25, -0.2) is 8.42 Å². The molecule has 5 heteroatoms. The summed E-state index contributed by atoms with van der Waals surface area (Å²) in [4.78, 5) is 2.58. The van der Waals surface area contributed by atoms with Crippen LogP contribution in [-0.2, 0) is 9.84 Å².